The number of aryl methyl sites for hydroxylation is 1. The van der Waals surface area contributed by atoms with Gasteiger partial charge in [-0.1, -0.05) is 25.1 Å². The van der Waals surface area contributed by atoms with E-state index in [1.807, 2.05) is 25.1 Å². The summed E-state index contributed by atoms with van der Waals surface area (Å²) in [6.07, 6.45) is 7.40. The molecule has 4 fully saturated rings. The molecule has 9 heteroatoms. The molecule has 4 aliphatic rings. The highest BCUT2D eigenvalue weighted by Crippen LogP contribution is 2.43. The van der Waals surface area contributed by atoms with Gasteiger partial charge in [-0.15, -0.1) is 0 Å². The van der Waals surface area contributed by atoms with Crippen LogP contribution < -0.4 is 15.0 Å². The minimum absolute atomic E-state index is 0.00195. The number of piperazine rings is 1. The predicted molar refractivity (Wildman–Crippen MR) is 169 cm³/mol. The number of phenols is 1. The molecular formula is C35H37FN6O2. The van der Waals surface area contributed by atoms with Crippen LogP contribution in [0.15, 0.2) is 36.4 Å². The number of fused-ring (bicyclic) bond motifs is 5. The van der Waals surface area contributed by atoms with Gasteiger partial charge in [0.15, 0.2) is 5.82 Å². The van der Waals surface area contributed by atoms with Crippen molar-refractivity contribution in [1.82, 2.24) is 20.2 Å². The Morgan fingerprint density at radius 2 is 1.89 bits per heavy atom. The van der Waals surface area contributed by atoms with Crippen molar-refractivity contribution < 1.29 is 14.2 Å². The minimum Gasteiger partial charge on any atom is -0.508 e. The first-order valence-electron chi connectivity index (χ1n) is 16.0. The molecule has 44 heavy (non-hydrogen) atoms. The zero-order valence-corrected chi connectivity index (χ0v) is 25.1. The molecule has 2 N–H and O–H groups in total. The molecule has 4 aliphatic heterocycles. The second kappa shape index (κ2) is 10.6. The highest BCUT2D eigenvalue weighted by atomic mass is 19.1. The third-order valence-electron chi connectivity index (χ3n) is 10.5. The second-order valence-corrected chi connectivity index (χ2v) is 13.1. The fraction of sp³-hybridized carbons (Fsp3) is 0.457. The molecule has 0 radical (unpaired) electrons. The number of benzene rings is 3. The SMILES string of the molecule is CCc1cccc2cc(O)cc(-c3c(C#N)cc4c(N5CC6CCC(C5)N6)nc(OCC56CCCN5CCC6)nc4c3F)c12. The lowest BCUT2D eigenvalue weighted by atomic mass is 9.90. The van der Waals surface area contributed by atoms with Crippen molar-refractivity contribution in [3.05, 3.63) is 53.3 Å². The first-order chi connectivity index (χ1) is 21.5. The van der Waals surface area contributed by atoms with Crippen molar-refractivity contribution in [2.75, 3.05) is 37.7 Å². The van der Waals surface area contributed by atoms with E-state index in [9.17, 15) is 10.4 Å². The molecule has 226 valence electrons. The van der Waals surface area contributed by atoms with Crippen molar-refractivity contribution in [3.8, 4) is 29.0 Å². The number of hydrogen-bond acceptors (Lipinski definition) is 8. The fourth-order valence-electron chi connectivity index (χ4n) is 8.46. The van der Waals surface area contributed by atoms with Crippen LogP contribution in [0.5, 0.6) is 11.8 Å². The van der Waals surface area contributed by atoms with Crippen LogP contribution in [0.3, 0.4) is 0 Å². The minimum atomic E-state index is -0.593. The Kier molecular flexibility index (Phi) is 6.61. The highest BCUT2D eigenvalue weighted by molar-refractivity contribution is 6.04. The molecule has 2 atom stereocenters. The number of aromatic hydroxyl groups is 1. The van der Waals surface area contributed by atoms with Gasteiger partial charge in [0.2, 0.25) is 0 Å². The maximum absolute atomic E-state index is 17.1. The van der Waals surface area contributed by atoms with E-state index in [1.54, 1.807) is 18.2 Å². The topological polar surface area (TPSA) is 97.5 Å². The van der Waals surface area contributed by atoms with E-state index in [-0.39, 0.29) is 33.9 Å². The quantitative estimate of drug-likeness (QED) is 0.295. The number of nitrogens with one attached hydrogen (secondary N) is 1. The third kappa shape index (κ3) is 4.38. The molecule has 2 bridgehead atoms. The predicted octanol–water partition coefficient (Wildman–Crippen LogP) is 5.68. The van der Waals surface area contributed by atoms with Crippen LogP contribution >= 0.6 is 0 Å². The molecule has 8 nitrogen and oxygen atoms in total. The van der Waals surface area contributed by atoms with Gasteiger partial charge < -0.3 is 20.1 Å². The lowest BCUT2D eigenvalue weighted by molar-refractivity contribution is 0.108. The first kappa shape index (κ1) is 27.5. The van der Waals surface area contributed by atoms with Crippen LogP contribution in [0.25, 0.3) is 32.8 Å². The molecule has 0 saturated carbocycles. The Morgan fingerprint density at radius 1 is 1.11 bits per heavy atom. The molecule has 1 aromatic heterocycles. The summed E-state index contributed by atoms with van der Waals surface area (Å²) in [4.78, 5) is 14.4. The van der Waals surface area contributed by atoms with Gasteiger partial charge in [0.05, 0.1) is 17.2 Å². The van der Waals surface area contributed by atoms with Gasteiger partial charge in [0.1, 0.15) is 23.7 Å². The fourth-order valence-corrected chi connectivity index (χ4v) is 8.46. The summed E-state index contributed by atoms with van der Waals surface area (Å²) in [5, 5.41) is 26.9. The zero-order chi connectivity index (χ0) is 30.0. The number of nitrogens with zero attached hydrogens (tertiary/aromatic N) is 5. The van der Waals surface area contributed by atoms with Crippen molar-refractivity contribution in [1.29, 1.82) is 5.26 Å². The highest BCUT2D eigenvalue weighted by Gasteiger charge is 2.45. The molecule has 4 saturated heterocycles. The van der Waals surface area contributed by atoms with Crippen LogP contribution in [0.2, 0.25) is 0 Å². The van der Waals surface area contributed by atoms with E-state index in [4.69, 9.17) is 14.7 Å². The molecule has 0 spiro atoms. The standard InChI is InChI=1S/C35H37FN6O2/c1-2-21-6-3-7-22-14-26(43)16-27(29(21)22)30-23(17-37)15-28-32(31(30)36)39-34(44-20-35-10-4-12-42(35)13-5-11-35)40-33(28)41-18-24-8-9-25(19-41)38-24/h3,6-7,14-16,24-25,38,43H,2,4-5,8-13,18-20H2,1H3. The van der Waals surface area contributed by atoms with E-state index in [0.29, 0.717) is 35.5 Å². The summed E-state index contributed by atoms with van der Waals surface area (Å²) in [7, 11) is 0. The van der Waals surface area contributed by atoms with Crippen LogP contribution in [0.4, 0.5) is 10.2 Å². The molecule has 3 aromatic carbocycles. The number of rotatable bonds is 6. The van der Waals surface area contributed by atoms with Gasteiger partial charge in [-0.3, -0.25) is 4.90 Å². The summed E-state index contributed by atoms with van der Waals surface area (Å²) in [5.41, 5.74) is 1.98. The van der Waals surface area contributed by atoms with Crippen molar-refractivity contribution in [2.45, 2.75) is 69.5 Å². The number of hydrogen-bond donors (Lipinski definition) is 2. The van der Waals surface area contributed by atoms with E-state index in [1.165, 1.54) is 0 Å². The van der Waals surface area contributed by atoms with Gasteiger partial charge in [0, 0.05) is 36.1 Å². The zero-order valence-electron chi connectivity index (χ0n) is 25.1. The molecule has 2 unspecified atom stereocenters. The van der Waals surface area contributed by atoms with Gasteiger partial charge in [-0.25, -0.2) is 4.39 Å². The summed E-state index contributed by atoms with van der Waals surface area (Å²) in [6, 6.07) is 14.0. The molecule has 8 rings (SSSR count). The van der Waals surface area contributed by atoms with E-state index >= 15 is 4.39 Å². The lowest BCUT2D eigenvalue weighted by Crippen LogP contribution is -2.51. The Labute approximate surface area is 256 Å². The summed E-state index contributed by atoms with van der Waals surface area (Å²) >= 11 is 0. The van der Waals surface area contributed by atoms with E-state index < -0.39 is 5.82 Å². The maximum atomic E-state index is 17.1. The summed E-state index contributed by atoms with van der Waals surface area (Å²) < 4.78 is 23.5. The van der Waals surface area contributed by atoms with E-state index in [0.717, 1.165) is 87.5 Å². The molecular weight excluding hydrogens is 555 g/mol. The van der Waals surface area contributed by atoms with Crippen LogP contribution in [0.1, 0.15) is 56.6 Å². The largest absolute Gasteiger partial charge is 0.508 e. The first-order valence-corrected chi connectivity index (χ1v) is 16.0. The Hall–Kier alpha value is -4.00. The van der Waals surface area contributed by atoms with Gasteiger partial charge >= 0.3 is 6.01 Å². The Morgan fingerprint density at radius 3 is 2.61 bits per heavy atom. The van der Waals surface area contributed by atoms with E-state index in [2.05, 4.69) is 21.2 Å². The van der Waals surface area contributed by atoms with Gasteiger partial charge in [0.25, 0.3) is 0 Å². The monoisotopic (exact) mass is 592 g/mol. The normalized spacial score (nSPS) is 22.5. The average molecular weight is 593 g/mol. The maximum Gasteiger partial charge on any atom is 0.319 e. The number of phenolic OH excluding ortho intramolecular Hbond substituents is 1. The number of anilines is 1. The van der Waals surface area contributed by atoms with Gasteiger partial charge in [-0.05, 0) is 98.1 Å². The molecule has 5 heterocycles. The summed E-state index contributed by atoms with van der Waals surface area (Å²) in [5.74, 6) is 0.0438. The number of halogens is 1. The Balaban J connectivity index is 1.32. The smallest absolute Gasteiger partial charge is 0.319 e. The number of aromatic nitrogens is 2. The molecule has 0 aliphatic carbocycles. The number of ether oxygens (including phenoxy) is 1. The average Bonchev–Trinajstić information content (AvgIpc) is 3.72. The van der Waals surface area contributed by atoms with Crippen molar-refractivity contribution >= 4 is 27.5 Å². The van der Waals surface area contributed by atoms with Crippen LogP contribution in [-0.4, -0.2) is 70.4 Å². The van der Waals surface area contributed by atoms with Crippen LogP contribution in [-0.2, 0) is 6.42 Å². The second-order valence-electron chi connectivity index (χ2n) is 13.1. The van der Waals surface area contributed by atoms with Crippen LogP contribution in [0, 0.1) is 17.1 Å². The third-order valence-corrected chi connectivity index (χ3v) is 10.5. The Bertz CT molecular complexity index is 1810. The number of nitriles is 1. The molecule has 0 amide bonds. The van der Waals surface area contributed by atoms with Crippen molar-refractivity contribution in [2.24, 2.45) is 0 Å². The molecule has 4 aromatic rings. The lowest BCUT2D eigenvalue weighted by Gasteiger charge is -2.35. The van der Waals surface area contributed by atoms with Crippen molar-refractivity contribution in [3.63, 3.8) is 0 Å². The summed E-state index contributed by atoms with van der Waals surface area (Å²) in [6.45, 7) is 6.20. The van der Waals surface area contributed by atoms with Gasteiger partial charge in [-0.2, -0.15) is 15.2 Å².